The molecule has 0 heterocycles. The molecule has 1 fully saturated rings. The van der Waals surface area contributed by atoms with Crippen LogP contribution in [0.25, 0.3) is 0 Å². The van der Waals surface area contributed by atoms with Crippen LogP contribution >= 0.6 is 31.9 Å². The number of benzene rings is 2. The van der Waals surface area contributed by atoms with Crippen molar-refractivity contribution in [3.63, 3.8) is 0 Å². The van der Waals surface area contributed by atoms with Crippen molar-refractivity contribution in [3.05, 3.63) is 107 Å². The van der Waals surface area contributed by atoms with E-state index in [0.717, 1.165) is 32.9 Å². The fraction of sp³-hybridized carbons (Fsp3) is 0.182. The van der Waals surface area contributed by atoms with E-state index in [2.05, 4.69) is 92.5 Å². The molecule has 1 aliphatic rings. The third-order valence-electron chi connectivity index (χ3n) is 3.75. The Morgan fingerprint density at radius 1 is 0.600 bits per heavy atom. The van der Waals surface area contributed by atoms with Crippen molar-refractivity contribution in [2.75, 3.05) is 0 Å². The molecule has 0 atom stereocenters. The second-order valence-electron chi connectivity index (χ2n) is 5.43. The topological polar surface area (TPSA) is 0 Å². The number of halogens is 2. The Bertz CT molecular complexity index is 634. The van der Waals surface area contributed by atoms with Gasteiger partial charge in [-0.1, -0.05) is 81.8 Å². The van der Waals surface area contributed by atoms with Gasteiger partial charge < -0.3 is 14.9 Å². The fourth-order valence-corrected chi connectivity index (χ4v) is 3.12. The number of allylic oxidation sites excluding steroid dienone is 2. The van der Waals surface area contributed by atoms with E-state index in [1.54, 1.807) is 0 Å². The van der Waals surface area contributed by atoms with Crippen molar-refractivity contribution in [3.8, 4) is 0 Å². The molecule has 3 rings (SSSR count). The maximum absolute atomic E-state index is 3.58. The Hall–Kier alpha value is -0.237. The minimum absolute atomic E-state index is 0. The van der Waals surface area contributed by atoms with Gasteiger partial charge in [0, 0.05) is 0 Å². The average molecular weight is 537 g/mol. The van der Waals surface area contributed by atoms with E-state index in [1.807, 2.05) is 0 Å². The summed E-state index contributed by atoms with van der Waals surface area (Å²) in [5, 5.41) is 0. The van der Waals surface area contributed by atoms with Crippen molar-refractivity contribution < 1.29 is 26.2 Å². The number of hydrogen-bond donors (Lipinski definition) is 0. The second-order valence-corrected chi connectivity index (χ2v) is 7.26. The zero-order valence-corrected chi connectivity index (χ0v) is 20.3. The molecule has 0 nitrogen and oxygen atoms in total. The van der Waals surface area contributed by atoms with Crippen LogP contribution in [0.4, 0.5) is 0 Å². The van der Waals surface area contributed by atoms with Crippen molar-refractivity contribution in [1.82, 2.24) is 0 Å². The van der Waals surface area contributed by atoms with Gasteiger partial charge >= 0.3 is 26.2 Å². The molecule has 128 valence electrons. The summed E-state index contributed by atoms with van der Waals surface area (Å²) in [6.45, 7) is 0. The molecule has 0 unspecified atom stereocenters. The van der Waals surface area contributed by atoms with Gasteiger partial charge in [0.15, 0.2) is 0 Å². The molecule has 2 aromatic carbocycles. The van der Waals surface area contributed by atoms with E-state index < -0.39 is 0 Å². The molecule has 0 bridgehead atoms. The maximum atomic E-state index is 3.58. The van der Waals surface area contributed by atoms with E-state index in [1.165, 1.54) is 24.0 Å². The molecule has 25 heavy (non-hydrogen) atoms. The molecule has 0 spiro atoms. The molecular weight excluding hydrogens is 515 g/mol. The first-order valence-electron chi connectivity index (χ1n) is 7.48. The molecule has 3 heteroatoms. The van der Waals surface area contributed by atoms with Gasteiger partial charge in [-0.15, -0.1) is 24.3 Å². The first-order chi connectivity index (χ1) is 10.7. The summed E-state index contributed by atoms with van der Waals surface area (Å²) in [5.41, 5.74) is 4.87. The Kier molecular flexibility index (Phi) is 12.1. The van der Waals surface area contributed by atoms with Crippen LogP contribution in [0.1, 0.15) is 36.8 Å². The van der Waals surface area contributed by atoms with Crippen LogP contribution in [0.2, 0.25) is 0 Å². The molecule has 0 N–H and O–H groups in total. The molecule has 1 saturated carbocycles. The van der Waals surface area contributed by atoms with Gasteiger partial charge in [-0.25, -0.2) is 11.1 Å². The summed E-state index contributed by atoms with van der Waals surface area (Å²) in [5.74, 6) is 0. The third-order valence-corrected chi connectivity index (χ3v) is 4.80. The molecule has 0 aromatic heterocycles. The van der Waals surface area contributed by atoms with Crippen molar-refractivity contribution in [2.24, 2.45) is 0 Å². The van der Waals surface area contributed by atoms with Crippen molar-refractivity contribution >= 4 is 31.9 Å². The smallest absolute Gasteiger partial charge is 0.358 e. The van der Waals surface area contributed by atoms with Gasteiger partial charge in [0.1, 0.15) is 0 Å². The van der Waals surface area contributed by atoms with Crippen LogP contribution in [0.5, 0.6) is 0 Å². The number of rotatable bonds is 2. The quantitative estimate of drug-likeness (QED) is 0.348. The Morgan fingerprint density at radius 2 is 0.920 bits per heavy atom. The fourth-order valence-electron chi connectivity index (χ4n) is 2.60. The summed E-state index contributed by atoms with van der Waals surface area (Å²) in [6.07, 6.45) is 11.8. The molecular formula is C22H22Br2Zr. The Morgan fingerprint density at radius 3 is 1.24 bits per heavy atom. The largest absolute Gasteiger partial charge is 4.00 e. The molecule has 2 aromatic rings. The van der Waals surface area contributed by atoms with Crippen LogP contribution in [0, 0.1) is 27.0 Å². The first kappa shape index (κ1) is 24.8. The maximum Gasteiger partial charge on any atom is 4.00 e. The van der Waals surface area contributed by atoms with Gasteiger partial charge in [-0.2, -0.15) is 23.3 Å². The van der Waals surface area contributed by atoms with Crippen LogP contribution in [-0.2, 0) is 26.2 Å². The van der Waals surface area contributed by atoms with Gasteiger partial charge in [0.25, 0.3) is 0 Å². The molecule has 0 amide bonds. The average Bonchev–Trinajstić information content (AvgIpc) is 2.54. The summed E-state index contributed by atoms with van der Waals surface area (Å²) >= 11 is 6.95. The Balaban J connectivity index is 0.00000192. The monoisotopic (exact) mass is 534 g/mol. The van der Waals surface area contributed by atoms with E-state index in [0.29, 0.717) is 0 Å². The predicted molar refractivity (Wildman–Crippen MR) is 111 cm³/mol. The normalized spacial score (nSPS) is 16.6. The first-order valence-corrected chi connectivity index (χ1v) is 9.06. The zero-order chi connectivity index (χ0) is 15.4. The second kappa shape index (κ2) is 12.2. The third kappa shape index (κ3) is 7.49. The van der Waals surface area contributed by atoms with Gasteiger partial charge in [0.05, 0.1) is 0 Å². The standard InChI is InChI=1S/C20H16Br2.2CH3.Zr/c21-19-9-5-15(6-10-19)13-17-3-1-2-4-18(17)14-16-7-11-20(22)12-8-16;;;/h5-12H,1-4H2;2*1H3;/q-2;2*-1;+4. The predicted octanol–water partition coefficient (Wildman–Crippen LogP) is 7.54. The van der Waals surface area contributed by atoms with Crippen LogP contribution in [0.3, 0.4) is 0 Å². The summed E-state index contributed by atoms with van der Waals surface area (Å²) < 4.78 is 2.20. The molecule has 0 aliphatic heterocycles. The van der Waals surface area contributed by atoms with Crippen molar-refractivity contribution in [1.29, 1.82) is 0 Å². The zero-order valence-electron chi connectivity index (χ0n) is 14.7. The van der Waals surface area contributed by atoms with E-state index >= 15 is 0 Å². The van der Waals surface area contributed by atoms with E-state index in [9.17, 15) is 0 Å². The number of hydrogen-bond acceptors (Lipinski definition) is 0. The van der Waals surface area contributed by atoms with Gasteiger partial charge in [-0.3, -0.25) is 0 Å². The van der Waals surface area contributed by atoms with Gasteiger partial charge in [0.2, 0.25) is 0 Å². The SMILES string of the molecule is Brc1ccc([C-]=C2CCCCC2=[C-]c2ccc(Br)cc2)cc1.[CH3-].[CH3-].[Zr+4]. The van der Waals surface area contributed by atoms with Crippen LogP contribution in [0.15, 0.2) is 68.6 Å². The van der Waals surface area contributed by atoms with Crippen LogP contribution in [-0.4, -0.2) is 0 Å². The minimum Gasteiger partial charge on any atom is -0.358 e. The summed E-state index contributed by atoms with van der Waals surface area (Å²) in [4.78, 5) is 0. The molecule has 0 radical (unpaired) electrons. The van der Waals surface area contributed by atoms with Gasteiger partial charge in [-0.05, 0) is 8.95 Å². The summed E-state index contributed by atoms with van der Waals surface area (Å²) in [7, 11) is 0. The van der Waals surface area contributed by atoms with E-state index in [4.69, 9.17) is 0 Å². The van der Waals surface area contributed by atoms with Crippen molar-refractivity contribution in [2.45, 2.75) is 25.7 Å². The molecule has 1 aliphatic carbocycles. The molecule has 0 saturated heterocycles. The van der Waals surface area contributed by atoms with E-state index in [-0.39, 0.29) is 41.1 Å². The minimum atomic E-state index is 0. The Labute approximate surface area is 189 Å². The van der Waals surface area contributed by atoms with Crippen LogP contribution < -0.4 is 0 Å². The summed E-state index contributed by atoms with van der Waals surface area (Å²) in [6, 6.07) is 16.7.